The highest BCUT2D eigenvalue weighted by Gasteiger charge is 2.17. The molecule has 0 aliphatic heterocycles. The van der Waals surface area contributed by atoms with Crippen LogP contribution in [-0.4, -0.2) is 15.1 Å². The van der Waals surface area contributed by atoms with Crippen LogP contribution >= 0.6 is 0 Å². The Balaban J connectivity index is 2.26. The number of anilines is 2. The molecule has 0 radical (unpaired) electrons. The van der Waals surface area contributed by atoms with E-state index < -0.39 is 0 Å². The predicted octanol–water partition coefficient (Wildman–Crippen LogP) is 2.15. The third-order valence-electron chi connectivity index (χ3n) is 2.87. The molecule has 0 saturated heterocycles. The van der Waals surface area contributed by atoms with E-state index in [-0.39, 0.29) is 12.0 Å². The molecule has 0 spiro atoms. The summed E-state index contributed by atoms with van der Waals surface area (Å²) in [6, 6.07) is 0.0456. The lowest BCUT2D eigenvalue weighted by molar-refractivity contribution is 0.392. The van der Waals surface area contributed by atoms with Gasteiger partial charge in [0.05, 0.1) is 11.7 Å². The molecule has 3 N–H and O–H groups in total. The molecule has 0 bridgehead atoms. The van der Waals surface area contributed by atoms with Gasteiger partial charge in [-0.25, -0.2) is 4.98 Å². The zero-order chi connectivity index (χ0) is 13.3. The minimum atomic E-state index is 0.0456. The van der Waals surface area contributed by atoms with E-state index in [2.05, 4.69) is 20.4 Å². The molecule has 0 fully saturated rings. The summed E-state index contributed by atoms with van der Waals surface area (Å²) in [4.78, 5) is 8.13. The largest absolute Gasteiger partial charge is 0.368 e. The third kappa shape index (κ3) is 2.27. The van der Waals surface area contributed by atoms with Gasteiger partial charge in [-0.05, 0) is 27.7 Å². The molecule has 0 amide bonds. The van der Waals surface area contributed by atoms with E-state index in [0.29, 0.717) is 0 Å². The van der Waals surface area contributed by atoms with Crippen molar-refractivity contribution in [2.45, 2.75) is 33.7 Å². The fourth-order valence-corrected chi connectivity index (χ4v) is 1.99. The van der Waals surface area contributed by atoms with E-state index in [1.54, 1.807) is 6.20 Å². The van der Waals surface area contributed by atoms with Crippen molar-refractivity contribution in [1.29, 1.82) is 0 Å². The maximum Gasteiger partial charge on any atom is 0.221 e. The van der Waals surface area contributed by atoms with Crippen LogP contribution in [-0.2, 0) is 0 Å². The SMILES string of the molecule is Cc1cnc(N)nc1NC(C)c1c(C)noc1C. The van der Waals surface area contributed by atoms with E-state index in [9.17, 15) is 0 Å². The van der Waals surface area contributed by atoms with Gasteiger partial charge in [-0.3, -0.25) is 0 Å². The molecule has 6 nitrogen and oxygen atoms in total. The molecule has 0 aliphatic carbocycles. The van der Waals surface area contributed by atoms with E-state index in [1.807, 2.05) is 27.7 Å². The predicted molar refractivity (Wildman–Crippen MR) is 69.2 cm³/mol. The Morgan fingerprint density at radius 2 is 2.06 bits per heavy atom. The lowest BCUT2D eigenvalue weighted by Crippen LogP contribution is -2.12. The number of nitrogens with one attached hydrogen (secondary N) is 1. The average Bonchev–Trinajstić information content (AvgIpc) is 2.63. The van der Waals surface area contributed by atoms with Crippen molar-refractivity contribution in [2.75, 3.05) is 11.1 Å². The van der Waals surface area contributed by atoms with Crippen LogP contribution in [0, 0.1) is 20.8 Å². The molecule has 18 heavy (non-hydrogen) atoms. The zero-order valence-electron chi connectivity index (χ0n) is 11.0. The molecular formula is C12H17N5O. The minimum absolute atomic E-state index is 0.0456. The lowest BCUT2D eigenvalue weighted by atomic mass is 10.1. The Kier molecular flexibility index (Phi) is 3.18. The highest BCUT2D eigenvalue weighted by Crippen LogP contribution is 2.25. The topological polar surface area (TPSA) is 89.9 Å². The molecule has 2 heterocycles. The smallest absolute Gasteiger partial charge is 0.221 e. The summed E-state index contributed by atoms with van der Waals surface area (Å²) in [7, 11) is 0. The Morgan fingerprint density at radius 3 is 2.67 bits per heavy atom. The number of nitrogens with zero attached hydrogens (tertiary/aromatic N) is 3. The Morgan fingerprint density at radius 1 is 1.33 bits per heavy atom. The number of aryl methyl sites for hydroxylation is 3. The molecule has 2 aromatic heterocycles. The Bertz CT molecular complexity index is 544. The number of rotatable bonds is 3. The third-order valence-corrected chi connectivity index (χ3v) is 2.87. The molecule has 0 aliphatic rings. The summed E-state index contributed by atoms with van der Waals surface area (Å²) < 4.78 is 5.16. The number of aromatic nitrogens is 3. The molecule has 2 rings (SSSR count). The Labute approximate surface area is 106 Å². The quantitative estimate of drug-likeness (QED) is 0.863. The van der Waals surface area contributed by atoms with Crippen LogP contribution in [0.15, 0.2) is 10.7 Å². The molecule has 6 heteroatoms. The van der Waals surface area contributed by atoms with Gasteiger partial charge in [0.15, 0.2) is 0 Å². The van der Waals surface area contributed by atoms with Crippen LogP contribution in [0.25, 0.3) is 0 Å². The molecule has 1 atom stereocenters. The standard InChI is InChI=1S/C12H17N5O/c1-6-5-14-12(13)16-11(6)15-7(2)10-8(3)17-18-9(10)4/h5,7H,1-4H3,(H3,13,14,15,16). The number of nitrogen functional groups attached to an aromatic ring is 1. The van der Waals surface area contributed by atoms with E-state index in [4.69, 9.17) is 10.3 Å². The lowest BCUT2D eigenvalue weighted by Gasteiger charge is -2.15. The fraction of sp³-hybridized carbons (Fsp3) is 0.417. The van der Waals surface area contributed by atoms with Crippen molar-refractivity contribution in [3.05, 3.63) is 28.8 Å². The number of hydrogen-bond acceptors (Lipinski definition) is 6. The highest BCUT2D eigenvalue weighted by atomic mass is 16.5. The number of nitrogens with two attached hydrogens (primary N) is 1. The molecule has 1 unspecified atom stereocenters. The summed E-state index contributed by atoms with van der Waals surface area (Å²) in [5.41, 5.74) is 8.47. The van der Waals surface area contributed by atoms with Crippen molar-refractivity contribution < 1.29 is 4.52 Å². The second-order valence-electron chi connectivity index (χ2n) is 4.36. The van der Waals surface area contributed by atoms with Gasteiger partial charge in [-0.2, -0.15) is 4.98 Å². The van der Waals surface area contributed by atoms with Gasteiger partial charge in [0, 0.05) is 17.3 Å². The van der Waals surface area contributed by atoms with Crippen LogP contribution in [0.5, 0.6) is 0 Å². The van der Waals surface area contributed by atoms with Gasteiger partial charge in [-0.1, -0.05) is 5.16 Å². The minimum Gasteiger partial charge on any atom is -0.368 e. The van der Waals surface area contributed by atoms with Gasteiger partial charge in [0.2, 0.25) is 5.95 Å². The van der Waals surface area contributed by atoms with Crippen molar-refractivity contribution in [1.82, 2.24) is 15.1 Å². The normalized spacial score (nSPS) is 12.4. The maximum atomic E-state index is 5.59. The zero-order valence-corrected chi connectivity index (χ0v) is 11.0. The van der Waals surface area contributed by atoms with Crippen LogP contribution < -0.4 is 11.1 Å². The highest BCUT2D eigenvalue weighted by molar-refractivity contribution is 5.47. The maximum absolute atomic E-state index is 5.59. The summed E-state index contributed by atoms with van der Waals surface area (Å²) in [6.07, 6.45) is 1.70. The van der Waals surface area contributed by atoms with Gasteiger partial charge in [0.25, 0.3) is 0 Å². The van der Waals surface area contributed by atoms with E-state index in [1.165, 1.54) is 0 Å². The summed E-state index contributed by atoms with van der Waals surface area (Å²) in [5, 5.41) is 7.25. The van der Waals surface area contributed by atoms with Crippen LogP contribution in [0.3, 0.4) is 0 Å². The average molecular weight is 247 g/mol. The van der Waals surface area contributed by atoms with Gasteiger partial charge in [0.1, 0.15) is 11.6 Å². The summed E-state index contributed by atoms with van der Waals surface area (Å²) in [5.74, 6) is 1.80. The first-order valence-electron chi connectivity index (χ1n) is 5.77. The van der Waals surface area contributed by atoms with Crippen LogP contribution in [0.1, 0.15) is 35.5 Å². The monoisotopic (exact) mass is 247 g/mol. The summed E-state index contributed by atoms with van der Waals surface area (Å²) >= 11 is 0. The first-order valence-corrected chi connectivity index (χ1v) is 5.77. The van der Waals surface area contributed by atoms with Crippen molar-refractivity contribution in [3.63, 3.8) is 0 Å². The van der Waals surface area contributed by atoms with Crippen LogP contribution in [0.4, 0.5) is 11.8 Å². The van der Waals surface area contributed by atoms with E-state index in [0.717, 1.165) is 28.4 Å². The van der Waals surface area contributed by atoms with Gasteiger partial charge >= 0.3 is 0 Å². The van der Waals surface area contributed by atoms with Crippen LogP contribution in [0.2, 0.25) is 0 Å². The van der Waals surface area contributed by atoms with Crippen molar-refractivity contribution in [2.24, 2.45) is 0 Å². The van der Waals surface area contributed by atoms with E-state index >= 15 is 0 Å². The van der Waals surface area contributed by atoms with Gasteiger partial charge in [-0.15, -0.1) is 0 Å². The van der Waals surface area contributed by atoms with Gasteiger partial charge < -0.3 is 15.6 Å². The molecule has 0 aromatic carbocycles. The molecule has 0 saturated carbocycles. The molecular weight excluding hydrogens is 230 g/mol. The second kappa shape index (κ2) is 4.64. The fourth-order valence-electron chi connectivity index (χ4n) is 1.99. The Hall–Kier alpha value is -2.11. The summed E-state index contributed by atoms with van der Waals surface area (Å²) in [6.45, 7) is 7.78. The molecule has 2 aromatic rings. The molecule has 96 valence electrons. The van der Waals surface area contributed by atoms with Crippen molar-refractivity contribution in [3.8, 4) is 0 Å². The first-order chi connectivity index (χ1) is 8.49. The van der Waals surface area contributed by atoms with Crippen molar-refractivity contribution >= 4 is 11.8 Å². The first kappa shape index (κ1) is 12.3. The number of hydrogen-bond donors (Lipinski definition) is 2. The second-order valence-corrected chi connectivity index (χ2v) is 4.36.